The second kappa shape index (κ2) is 5.06. The highest BCUT2D eigenvalue weighted by molar-refractivity contribution is 5.92. The van der Waals surface area contributed by atoms with Crippen molar-refractivity contribution in [2.45, 2.75) is 19.4 Å². The molecule has 2 aromatic heterocycles. The standard InChI is InChI=1S/C14H15FN4O3/c1-6-9-11(20)8(14(21)22)4-17-12(9)18-13(10(6)15)19-3-2-7(16)5-19/h4,7H,2-3,5,16H2,1H3,(H,21,22)(H,17,18,20)/t7-/m1/s1. The van der Waals surface area contributed by atoms with Crippen LogP contribution in [0.15, 0.2) is 11.0 Å². The summed E-state index contributed by atoms with van der Waals surface area (Å²) in [6, 6.07) is -0.0364. The third kappa shape index (κ3) is 2.12. The normalized spacial score (nSPS) is 18.1. The van der Waals surface area contributed by atoms with E-state index in [1.807, 2.05) is 0 Å². The maximum atomic E-state index is 14.6. The summed E-state index contributed by atoms with van der Waals surface area (Å²) >= 11 is 0. The van der Waals surface area contributed by atoms with Gasteiger partial charge in [0.25, 0.3) is 0 Å². The van der Waals surface area contributed by atoms with Crippen molar-refractivity contribution in [1.29, 1.82) is 0 Å². The molecule has 0 bridgehead atoms. The number of anilines is 1. The lowest BCUT2D eigenvalue weighted by molar-refractivity contribution is 0.0695. The van der Waals surface area contributed by atoms with Gasteiger partial charge in [0.15, 0.2) is 11.6 Å². The van der Waals surface area contributed by atoms with E-state index in [1.165, 1.54) is 6.92 Å². The highest BCUT2D eigenvalue weighted by Gasteiger charge is 2.26. The number of aromatic carboxylic acids is 1. The molecule has 1 atom stereocenters. The van der Waals surface area contributed by atoms with Gasteiger partial charge in [-0.2, -0.15) is 0 Å². The van der Waals surface area contributed by atoms with Crippen molar-refractivity contribution < 1.29 is 14.3 Å². The number of aromatic nitrogens is 2. The quantitative estimate of drug-likeness (QED) is 0.749. The maximum absolute atomic E-state index is 14.6. The molecule has 0 aliphatic carbocycles. The molecule has 1 aliphatic heterocycles. The fraction of sp³-hybridized carbons (Fsp3) is 0.357. The highest BCUT2D eigenvalue weighted by Crippen LogP contribution is 2.26. The van der Waals surface area contributed by atoms with E-state index < -0.39 is 22.8 Å². The number of hydrogen-bond donors (Lipinski definition) is 3. The minimum atomic E-state index is -1.36. The molecule has 7 nitrogen and oxygen atoms in total. The third-order valence-electron chi connectivity index (χ3n) is 3.93. The summed E-state index contributed by atoms with van der Waals surface area (Å²) in [6.07, 6.45) is 1.82. The lowest BCUT2D eigenvalue weighted by Crippen LogP contribution is -2.28. The highest BCUT2D eigenvalue weighted by atomic mass is 19.1. The molecule has 0 saturated carbocycles. The van der Waals surface area contributed by atoms with Gasteiger partial charge < -0.3 is 20.7 Å². The number of carboxylic acids is 1. The number of aryl methyl sites for hydroxylation is 1. The topological polar surface area (TPSA) is 112 Å². The molecule has 3 rings (SSSR count). The number of H-pyrrole nitrogens is 1. The number of halogens is 1. The number of rotatable bonds is 2. The predicted octanol–water partition coefficient (Wildman–Crippen LogP) is 0.606. The van der Waals surface area contributed by atoms with Gasteiger partial charge in [-0.25, -0.2) is 14.2 Å². The Kier molecular flexibility index (Phi) is 3.32. The lowest BCUT2D eigenvalue weighted by atomic mass is 10.1. The number of carbonyl (C=O) groups is 1. The van der Waals surface area contributed by atoms with Crippen molar-refractivity contribution in [3.8, 4) is 0 Å². The van der Waals surface area contributed by atoms with Gasteiger partial charge in [0.2, 0.25) is 5.43 Å². The van der Waals surface area contributed by atoms with Crippen LogP contribution in [0.1, 0.15) is 22.3 Å². The number of fused-ring (bicyclic) bond motifs is 1. The van der Waals surface area contributed by atoms with Crippen molar-refractivity contribution in [1.82, 2.24) is 9.97 Å². The van der Waals surface area contributed by atoms with Gasteiger partial charge >= 0.3 is 5.97 Å². The molecule has 1 aliphatic rings. The smallest absolute Gasteiger partial charge is 0.341 e. The van der Waals surface area contributed by atoms with Gasteiger partial charge in [-0.1, -0.05) is 0 Å². The number of pyridine rings is 2. The summed E-state index contributed by atoms with van der Waals surface area (Å²) in [7, 11) is 0. The summed E-state index contributed by atoms with van der Waals surface area (Å²) in [5, 5.41) is 8.95. The Hall–Kier alpha value is -2.48. The Morgan fingerprint density at radius 1 is 1.59 bits per heavy atom. The van der Waals surface area contributed by atoms with Crippen LogP contribution in [0.25, 0.3) is 11.0 Å². The Balaban J connectivity index is 2.24. The second-order valence-corrected chi connectivity index (χ2v) is 5.43. The van der Waals surface area contributed by atoms with Crippen LogP contribution in [-0.2, 0) is 0 Å². The zero-order valence-corrected chi connectivity index (χ0v) is 11.9. The number of hydrogen-bond acceptors (Lipinski definition) is 5. The average molecular weight is 306 g/mol. The van der Waals surface area contributed by atoms with Crippen LogP contribution in [0.2, 0.25) is 0 Å². The van der Waals surface area contributed by atoms with E-state index in [9.17, 15) is 14.0 Å². The fourth-order valence-corrected chi connectivity index (χ4v) is 2.74. The van der Waals surface area contributed by atoms with Crippen LogP contribution in [-0.4, -0.2) is 40.2 Å². The van der Waals surface area contributed by atoms with E-state index in [-0.39, 0.29) is 28.5 Å². The molecule has 0 unspecified atom stereocenters. The van der Waals surface area contributed by atoms with Crippen LogP contribution < -0.4 is 16.1 Å². The van der Waals surface area contributed by atoms with E-state index in [4.69, 9.17) is 10.8 Å². The van der Waals surface area contributed by atoms with Crippen molar-refractivity contribution in [3.63, 3.8) is 0 Å². The molecule has 8 heteroatoms. The third-order valence-corrected chi connectivity index (χ3v) is 3.93. The number of nitrogens with two attached hydrogens (primary N) is 1. The Labute approximate surface area is 124 Å². The summed E-state index contributed by atoms with van der Waals surface area (Å²) in [6.45, 7) is 2.53. The number of aromatic amines is 1. The van der Waals surface area contributed by atoms with Crippen LogP contribution >= 0.6 is 0 Å². The summed E-state index contributed by atoms with van der Waals surface area (Å²) < 4.78 is 14.6. The molecule has 116 valence electrons. The van der Waals surface area contributed by atoms with Gasteiger partial charge in [-0.3, -0.25) is 4.79 Å². The van der Waals surface area contributed by atoms with Crippen LogP contribution in [0, 0.1) is 12.7 Å². The monoisotopic (exact) mass is 306 g/mol. The van der Waals surface area contributed by atoms with Crippen LogP contribution in [0.5, 0.6) is 0 Å². The summed E-state index contributed by atoms with van der Waals surface area (Å²) in [5.74, 6) is -1.84. The second-order valence-electron chi connectivity index (χ2n) is 5.43. The van der Waals surface area contributed by atoms with E-state index >= 15 is 0 Å². The lowest BCUT2D eigenvalue weighted by Gasteiger charge is -2.19. The van der Waals surface area contributed by atoms with E-state index in [1.54, 1.807) is 4.90 Å². The molecule has 1 fully saturated rings. The number of nitrogens with zero attached hydrogens (tertiary/aromatic N) is 2. The number of nitrogens with one attached hydrogen (secondary N) is 1. The SMILES string of the molecule is Cc1c(F)c(N2CC[C@@H](N)C2)nc2[nH]cc(C(=O)O)c(=O)c12. The number of carboxylic acid groups (broad SMARTS) is 1. The molecular weight excluding hydrogens is 291 g/mol. The fourth-order valence-electron chi connectivity index (χ4n) is 2.74. The zero-order chi connectivity index (χ0) is 16.0. The van der Waals surface area contributed by atoms with Gasteiger partial charge in [0.1, 0.15) is 11.2 Å². The summed E-state index contributed by atoms with van der Waals surface area (Å²) in [5.41, 5.74) is 4.91. The van der Waals surface area contributed by atoms with Crippen LogP contribution in [0.4, 0.5) is 10.2 Å². The first-order valence-electron chi connectivity index (χ1n) is 6.85. The molecule has 0 aromatic carbocycles. The zero-order valence-electron chi connectivity index (χ0n) is 11.9. The Morgan fingerprint density at radius 3 is 2.91 bits per heavy atom. The molecule has 1 saturated heterocycles. The molecule has 3 heterocycles. The first-order chi connectivity index (χ1) is 10.4. The largest absolute Gasteiger partial charge is 0.477 e. The molecule has 22 heavy (non-hydrogen) atoms. The van der Waals surface area contributed by atoms with Crippen molar-refractivity contribution in [3.05, 3.63) is 33.4 Å². The predicted molar refractivity (Wildman–Crippen MR) is 78.8 cm³/mol. The maximum Gasteiger partial charge on any atom is 0.341 e. The molecule has 2 aromatic rings. The Morgan fingerprint density at radius 2 is 2.32 bits per heavy atom. The summed E-state index contributed by atoms with van der Waals surface area (Å²) in [4.78, 5) is 31.8. The van der Waals surface area contributed by atoms with E-state index in [0.29, 0.717) is 13.1 Å². The van der Waals surface area contributed by atoms with Gasteiger partial charge in [-0.15, -0.1) is 0 Å². The first-order valence-corrected chi connectivity index (χ1v) is 6.85. The van der Waals surface area contributed by atoms with Crippen molar-refractivity contribution in [2.24, 2.45) is 5.73 Å². The minimum absolute atomic E-state index is 0.0364. The van der Waals surface area contributed by atoms with Crippen LogP contribution in [0.3, 0.4) is 0 Å². The molecule has 4 N–H and O–H groups in total. The van der Waals surface area contributed by atoms with Crippen molar-refractivity contribution >= 4 is 22.8 Å². The average Bonchev–Trinajstić information content (AvgIpc) is 2.88. The molecule has 0 radical (unpaired) electrons. The minimum Gasteiger partial charge on any atom is -0.477 e. The van der Waals surface area contributed by atoms with E-state index in [2.05, 4.69) is 9.97 Å². The van der Waals surface area contributed by atoms with Gasteiger partial charge in [0, 0.05) is 30.9 Å². The molecule has 0 spiro atoms. The van der Waals surface area contributed by atoms with Crippen molar-refractivity contribution in [2.75, 3.05) is 18.0 Å². The molecular formula is C14H15FN4O3. The van der Waals surface area contributed by atoms with Gasteiger partial charge in [0.05, 0.1) is 5.39 Å². The first kappa shape index (κ1) is 14.5. The molecule has 0 amide bonds. The Bertz CT molecular complexity index is 833. The van der Waals surface area contributed by atoms with Gasteiger partial charge in [-0.05, 0) is 13.3 Å². The van der Waals surface area contributed by atoms with E-state index in [0.717, 1.165) is 12.6 Å².